The third-order valence-electron chi connectivity index (χ3n) is 1.33. The number of hydrogen-bond donors (Lipinski definition) is 1. The average molecular weight is 227 g/mol. The molecule has 0 unspecified atom stereocenters. The Morgan fingerprint density at radius 2 is 2.07 bits per heavy atom. The first-order chi connectivity index (χ1) is 6.34. The second-order valence-electron chi connectivity index (χ2n) is 2.23. The molecular weight excluding hydrogens is 225 g/mol. The van der Waals surface area contributed by atoms with Gasteiger partial charge in [-0.2, -0.15) is 18.3 Å². The van der Waals surface area contributed by atoms with E-state index in [0.29, 0.717) is 6.20 Å². The molecule has 0 aliphatic heterocycles. The Morgan fingerprint density at radius 3 is 2.43 bits per heavy atom. The number of alkyl halides is 3. The van der Waals surface area contributed by atoms with E-state index < -0.39 is 28.4 Å². The lowest BCUT2D eigenvalue weighted by Gasteiger charge is -2.08. The summed E-state index contributed by atoms with van der Waals surface area (Å²) in [5.41, 5.74) is -2.50. The molecule has 0 aromatic carbocycles. The highest BCUT2D eigenvalue weighted by Crippen LogP contribution is 2.33. The van der Waals surface area contributed by atoms with Crippen LogP contribution in [0.1, 0.15) is 15.9 Å². The molecule has 0 amide bonds. The molecule has 1 N–H and O–H groups in total. The maximum absolute atomic E-state index is 12.2. The molecule has 0 aliphatic rings. The normalized spacial score (nSPS) is 11.4. The van der Waals surface area contributed by atoms with Gasteiger partial charge in [-0.3, -0.25) is 0 Å². The lowest BCUT2D eigenvalue weighted by molar-refractivity contribution is -0.138. The van der Waals surface area contributed by atoms with E-state index in [4.69, 9.17) is 16.7 Å². The molecule has 0 saturated carbocycles. The van der Waals surface area contributed by atoms with Crippen molar-refractivity contribution in [2.45, 2.75) is 6.18 Å². The van der Waals surface area contributed by atoms with Crippen LogP contribution in [0.25, 0.3) is 0 Å². The Kier molecular flexibility index (Phi) is 2.61. The van der Waals surface area contributed by atoms with E-state index in [-0.39, 0.29) is 0 Å². The molecule has 0 spiro atoms. The van der Waals surface area contributed by atoms with Crippen molar-refractivity contribution in [3.63, 3.8) is 0 Å². The van der Waals surface area contributed by atoms with Crippen LogP contribution in [0.5, 0.6) is 0 Å². The fraction of sp³-hybridized carbons (Fsp3) is 0.167. The smallest absolute Gasteiger partial charge is 0.418 e. The minimum Gasteiger partial charge on any atom is -0.478 e. The van der Waals surface area contributed by atoms with Crippen LogP contribution in [0.2, 0.25) is 5.15 Å². The van der Waals surface area contributed by atoms with Gasteiger partial charge >= 0.3 is 12.1 Å². The molecular formula is C6H2ClF3N2O2. The van der Waals surface area contributed by atoms with Gasteiger partial charge in [-0.25, -0.2) is 4.79 Å². The first-order valence-corrected chi connectivity index (χ1v) is 3.53. The molecule has 14 heavy (non-hydrogen) atoms. The van der Waals surface area contributed by atoms with Gasteiger partial charge in [0.2, 0.25) is 0 Å². The van der Waals surface area contributed by atoms with Crippen molar-refractivity contribution < 1.29 is 23.1 Å². The summed E-state index contributed by atoms with van der Waals surface area (Å²) in [6.07, 6.45) is -4.50. The Bertz CT molecular complexity index is 380. The number of nitrogens with zero attached hydrogens (tertiary/aromatic N) is 2. The van der Waals surface area contributed by atoms with Gasteiger partial charge in [-0.1, -0.05) is 11.6 Å². The standard InChI is InChI=1S/C6H2ClF3N2O2/c7-4-3(5(13)14)2(1-11-12-4)6(8,9)10/h1H,(H,13,14). The molecule has 0 radical (unpaired) electrons. The van der Waals surface area contributed by atoms with Crippen molar-refractivity contribution in [1.29, 1.82) is 0 Å². The van der Waals surface area contributed by atoms with E-state index in [1.807, 2.05) is 0 Å². The molecule has 0 atom stereocenters. The number of aromatic carboxylic acids is 1. The molecule has 4 nitrogen and oxygen atoms in total. The van der Waals surface area contributed by atoms with Crippen molar-refractivity contribution >= 4 is 17.6 Å². The first-order valence-electron chi connectivity index (χ1n) is 3.15. The van der Waals surface area contributed by atoms with Crippen LogP contribution >= 0.6 is 11.6 Å². The summed E-state index contributed by atoms with van der Waals surface area (Å²) in [6.45, 7) is 0. The third-order valence-corrected chi connectivity index (χ3v) is 1.59. The maximum Gasteiger partial charge on any atom is 0.418 e. The summed E-state index contributed by atoms with van der Waals surface area (Å²) < 4.78 is 36.6. The van der Waals surface area contributed by atoms with Gasteiger partial charge in [-0.15, -0.1) is 5.10 Å². The summed E-state index contributed by atoms with van der Waals surface area (Å²) in [6, 6.07) is 0. The molecule has 0 aliphatic carbocycles. The Labute approximate surface area is 80.3 Å². The molecule has 1 aromatic heterocycles. The first kappa shape index (κ1) is 10.7. The molecule has 0 bridgehead atoms. The van der Waals surface area contributed by atoms with Crippen molar-refractivity contribution in [3.05, 3.63) is 22.5 Å². The van der Waals surface area contributed by atoms with Crippen LogP contribution in [-0.2, 0) is 6.18 Å². The summed E-state index contributed by atoms with van der Waals surface area (Å²) in [7, 11) is 0. The van der Waals surface area contributed by atoms with Gasteiger partial charge in [0.15, 0.2) is 5.15 Å². The fourth-order valence-corrected chi connectivity index (χ4v) is 1.01. The molecule has 1 rings (SSSR count). The summed E-state index contributed by atoms with van der Waals surface area (Å²) in [5, 5.41) is 13.6. The minimum absolute atomic E-state index is 0.315. The highest BCUT2D eigenvalue weighted by Gasteiger charge is 2.37. The molecule has 8 heteroatoms. The van der Waals surface area contributed by atoms with Crippen molar-refractivity contribution in [1.82, 2.24) is 10.2 Å². The predicted molar refractivity (Wildman–Crippen MR) is 39.0 cm³/mol. The van der Waals surface area contributed by atoms with Crippen LogP contribution in [0.3, 0.4) is 0 Å². The largest absolute Gasteiger partial charge is 0.478 e. The van der Waals surface area contributed by atoms with E-state index in [1.54, 1.807) is 0 Å². The lowest BCUT2D eigenvalue weighted by atomic mass is 10.1. The second kappa shape index (κ2) is 3.41. The Morgan fingerprint density at radius 1 is 1.50 bits per heavy atom. The van der Waals surface area contributed by atoms with E-state index in [0.717, 1.165) is 0 Å². The zero-order valence-corrected chi connectivity index (χ0v) is 7.10. The lowest BCUT2D eigenvalue weighted by Crippen LogP contribution is -2.15. The minimum atomic E-state index is -4.81. The van der Waals surface area contributed by atoms with Gasteiger partial charge in [0.25, 0.3) is 0 Å². The van der Waals surface area contributed by atoms with E-state index in [9.17, 15) is 18.0 Å². The number of aromatic nitrogens is 2. The summed E-state index contributed by atoms with van der Waals surface area (Å²) in [4.78, 5) is 10.4. The number of rotatable bonds is 1. The van der Waals surface area contributed by atoms with Crippen LogP contribution in [0.15, 0.2) is 6.20 Å². The summed E-state index contributed by atoms with van der Waals surface area (Å²) >= 11 is 5.18. The second-order valence-corrected chi connectivity index (χ2v) is 2.58. The number of hydrogen-bond acceptors (Lipinski definition) is 3. The highest BCUT2D eigenvalue weighted by atomic mass is 35.5. The fourth-order valence-electron chi connectivity index (χ4n) is 0.781. The quantitative estimate of drug-likeness (QED) is 0.794. The highest BCUT2D eigenvalue weighted by molar-refractivity contribution is 6.32. The van der Waals surface area contributed by atoms with Crippen LogP contribution in [0.4, 0.5) is 13.2 Å². The van der Waals surface area contributed by atoms with E-state index in [1.165, 1.54) is 0 Å². The molecule has 0 fully saturated rings. The third kappa shape index (κ3) is 1.92. The zero-order chi connectivity index (χ0) is 10.9. The molecule has 76 valence electrons. The van der Waals surface area contributed by atoms with Crippen LogP contribution in [0, 0.1) is 0 Å². The van der Waals surface area contributed by atoms with Gasteiger partial charge in [0, 0.05) is 0 Å². The van der Waals surface area contributed by atoms with Gasteiger partial charge in [0.05, 0.1) is 11.8 Å². The van der Waals surface area contributed by atoms with Crippen molar-refractivity contribution in [3.8, 4) is 0 Å². The summed E-state index contributed by atoms with van der Waals surface area (Å²) in [5.74, 6) is -1.79. The number of halogens is 4. The van der Waals surface area contributed by atoms with Crippen molar-refractivity contribution in [2.75, 3.05) is 0 Å². The van der Waals surface area contributed by atoms with Crippen LogP contribution < -0.4 is 0 Å². The van der Waals surface area contributed by atoms with Gasteiger partial charge < -0.3 is 5.11 Å². The van der Waals surface area contributed by atoms with Crippen LogP contribution in [-0.4, -0.2) is 21.3 Å². The van der Waals surface area contributed by atoms with Gasteiger partial charge in [0.1, 0.15) is 5.56 Å². The van der Waals surface area contributed by atoms with E-state index in [2.05, 4.69) is 10.2 Å². The van der Waals surface area contributed by atoms with Gasteiger partial charge in [-0.05, 0) is 0 Å². The molecule has 1 heterocycles. The zero-order valence-electron chi connectivity index (χ0n) is 6.34. The SMILES string of the molecule is O=C(O)c1c(C(F)(F)F)cnnc1Cl. The molecule has 0 saturated heterocycles. The number of carbonyl (C=O) groups is 1. The average Bonchev–Trinajstić information content (AvgIpc) is 2.01. The number of carboxylic acid groups (broad SMARTS) is 1. The predicted octanol–water partition coefficient (Wildman–Crippen LogP) is 1.85. The van der Waals surface area contributed by atoms with Crippen molar-refractivity contribution in [2.24, 2.45) is 0 Å². The Hall–Kier alpha value is -1.37. The topological polar surface area (TPSA) is 63.1 Å². The molecule has 1 aromatic rings. The Balaban J connectivity index is 3.44. The van der Waals surface area contributed by atoms with E-state index >= 15 is 0 Å². The number of carboxylic acids is 1. The maximum atomic E-state index is 12.2. The monoisotopic (exact) mass is 226 g/mol.